The Hall–Kier alpha value is -1.61. The van der Waals surface area contributed by atoms with E-state index < -0.39 is 0 Å². The van der Waals surface area contributed by atoms with Crippen LogP contribution in [0.25, 0.3) is 12.2 Å². The lowest BCUT2D eigenvalue weighted by atomic mass is 9.93. The van der Waals surface area contributed by atoms with Gasteiger partial charge in [-0.3, -0.25) is 0 Å². The molecule has 1 aromatic carbocycles. The van der Waals surface area contributed by atoms with Crippen LogP contribution < -0.4 is 0 Å². The first-order chi connectivity index (χ1) is 8.47. The molecule has 0 radical (unpaired) electrons. The molecular weight excluding hydrogens is 242 g/mol. The van der Waals surface area contributed by atoms with Crippen LogP contribution in [0.2, 0.25) is 0 Å². The second-order valence-corrected chi connectivity index (χ2v) is 6.10. The van der Waals surface area contributed by atoms with E-state index in [4.69, 9.17) is 0 Å². The molecule has 18 heavy (non-hydrogen) atoms. The molecule has 0 aliphatic carbocycles. The summed E-state index contributed by atoms with van der Waals surface area (Å²) >= 11 is 1.62. The lowest BCUT2D eigenvalue weighted by Gasteiger charge is -2.13. The Bertz CT molecular complexity index is 564. The molecule has 94 valence electrons. The van der Waals surface area contributed by atoms with Crippen LogP contribution in [0.3, 0.4) is 0 Å². The summed E-state index contributed by atoms with van der Waals surface area (Å²) in [4.78, 5) is 4.58. The molecule has 0 fully saturated rings. The fourth-order valence-electron chi connectivity index (χ4n) is 1.50. The zero-order valence-corrected chi connectivity index (χ0v) is 11.7. The molecule has 0 aliphatic rings. The zero-order valence-electron chi connectivity index (χ0n) is 10.8. The van der Waals surface area contributed by atoms with Crippen molar-refractivity contribution in [2.24, 2.45) is 0 Å². The van der Waals surface area contributed by atoms with Gasteiger partial charge in [-0.2, -0.15) is 0 Å². The van der Waals surface area contributed by atoms with Gasteiger partial charge in [-0.05, 0) is 18.2 Å². The predicted octanol–water partition coefficient (Wildman–Crippen LogP) is 4.32. The Morgan fingerprint density at radius 3 is 2.50 bits per heavy atom. The number of thiazole rings is 1. The molecule has 0 saturated carbocycles. The van der Waals surface area contributed by atoms with Crippen molar-refractivity contribution in [2.75, 3.05) is 0 Å². The molecule has 2 aromatic rings. The van der Waals surface area contributed by atoms with Crippen molar-refractivity contribution in [1.29, 1.82) is 0 Å². The second kappa shape index (κ2) is 4.94. The molecule has 1 heterocycles. The number of hydrogen-bond donors (Lipinski definition) is 1. The standard InChI is InChI=1S/C15H17NOS/c1-15(2,3)13-10-18-14(16-13)9-8-11-6-4-5-7-12(11)17/h4-10,17H,1-3H3/b9-8+. The van der Waals surface area contributed by atoms with E-state index in [-0.39, 0.29) is 5.41 Å². The minimum absolute atomic E-state index is 0.0808. The normalized spacial score (nSPS) is 12.2. The van der Waals surface area contributed by atoms with E-state index in [9.17, 15) is 5.11 Å². The van der Waals surface area contributed by atoms with Gasteiger partial charge in [0.05, 0.1) is 5.69 Å². The molecule has 3 heteroatoms. The molecule has 1 aromatic heterocycles. The fraction of sp³-hybridized carbons (Fsp3) is 0.267. The maximum atomic E-state index is 9.65. The van der Waals surface area contributed by atoms with E-state index in [0.717, 1.165) is 16.3 Å². The monoisotopic (exact) mass is 259 g/mol. The van der Waals surface area contributed by atoms with Gasteiger partial charge < -0.3 is 5.11 Å². The highest BCUT2D eigenvalue weighted by Gasteiger charge is 2.16. The predicted molar refractivity (Wildman–Crippen MR) is 77.8 cm³/mol. The molecule has 2 nitrogen and oxygen atoms in total. The van der Waals surface area contributed by atoms with Gasteiger partial charge in [0.25, 0.3) is 0 Å². The average molecular weight is 259 g/mol. The van der Waals surface area contributed by atoms with E-state index in [1.807, 2.05) is 30.4 Å². The number of rotatable bonds is 2. The number of para-hydroxylation sites is 1. The maximum absolute atomic E-state index is 9.65. The summed E-state index contributed by atoms with van der Waals surface area (Å²) in [6, 6.07) is 7.28. The molecule has 0 amide bonds. The van der Waals surface area contributed by atoms with E-state index in [0.29, 0.717) is 5.75 Å². The summed E-state index contributed by atoms with van der Waals surface area (Å²) in [5.41, 5.74) is 1.99. The summed E-state index contributed by atoms with van der Waals surface area (Å²) in [6.45, 7) is 6.45. The Balaban J connectivity index is 2.20. The van der Waals surface area contributed by atoms with Crippen LogP contribution in [0.1, 0.15) is 37.0 Å². The zero-order chi connectivity index (χ0) is 13.2. The Kier molecular flexibility index (Phi) is 3.53. The van der Waals surface area contributed by atoms with Gasteiger partial charge in [0, 0.05) is 16.4 Å². The molecule has 0 bridgehead atoms. The molecule has 0 spiro atoms. The van der Waals surface area contributed by atoms with Crippen LogP contribution in [0, 0.1) is 0 Å². The molecule has 0 aliphatic heterocycles. The number of hydrogen-bond acceptors (Lipinski definition) is 3. The summed E-state index contributed by atoms with van der Waals surface area (Å²) in [7, 11) is 0. The van der Waals surface area contributed by atoms with Crippen molar-refractivity contribution < 1.29 is 5.11 Å². The lowest BCUT2D eigenvalue weighted by molar-refractivity contribution is 0.474. The quantitative estimate of drug-likeness (QED) is 0.871. The molecule has 0 atom stereocenters. The van der Waals surface area contributed by atoms with E-state index in [1.165, 1.54) is 0 Å². The third-order valence-corrected chi connectivity index (χ3v) is 3.44. The summed E-state index contributed by atoms with van der Waals surface area (Å²) in [5, 5.41) is 12.7. The molecule has 2 rings (SSSR count). The van der Waals surface area contributed by atoms with Crippen LogP contribution in [0.5, 0.6) is 5.75 Å². The van der Waals surface area contributed by atoms with E-state index in [2.05, 4.69) is 31.1 Å². The lowest BCUT2D eigenvalue weighted by Crippen LogP contribution is -2.11. The van der Waals surface area contributed by atoms with Crippen LogP contribution in [-0.4, -0.2) is 10.1 Å². The van der Waals surface area contributed by atoms with Gasteiger partial charge in [0.1, 0.15) is 10.8 Å². The molecule has 0 unspecified atom stereocenters. The van der Waals surface area contributed by atoms with Crippen molar-refractivity contribution in [3.8, 4) is 5.75 Å². The first-order valence-corrected chi connectivity index (χ1v) is 6.77. The van der Waals surface area contributed by atoms with Crippen molar-refractivity contribution in [3.05, 3.63) is 45.9 Å². The fourth-order valence-corrected chi connectivity index (χ4v) is 2.43. The highest BCUT2D eigenvalue weighted by atomic mass is 32.1. The average Bonchev–Trinajstić information content (AvgIpc) is 2.76. The largest absolute Gasteiger partial charge is 0.507 e. The summed E-state index contributed by atoms with van der Waals surface area (Å²) < 4.78 is 0. The number of phenols is 1. The van der Waals surface area contributed by atoms with Crippen molar-refractivity contribution >= 4 is 23.5 Å². The van der Waals surface area contributed by atoms with Gasteiger partial charge in [0.2, 0.25) is 0 Å². The first-order valence-electron chi connectivity index (χ1n) is 5.89. The van der Waals surface area contributed by atoms with Crippen LogP contribution in [0.4, 0.5) is 0 Å². The number of nitrogens with zero attached hydrogens (tertiary/aromatic N) is 1. The van der Waals surface area contributed by atoms with Crippen molar-refractivity contribution in [1.82, 2.24) is 4.98 Å². The molecule has 0 saturated heterocycles. The topological polar surface area (TPSA) is 33.1 Å². The number of aromatic hydroxyl groups is 1. The summed E-state index contributed by atoms with van der Waals surface area (Å²) in [6.07, 6.45) is 3.83. The Labute approximate surface area is 112 Å². The minimum atomic E-state index is 0.0808. The van der Waals surface area contributed by atoms with Crippen LogP contribution in [0.15, 0.2) is 29.6 Å². The number of phenolic OH excluding ortho intramolecular Hbond substituents is 1. The highest BCUT2D eigenvalue weighted by molar-refractivity contribution is 7.10. The van der Waals surface area contributed by atoms with Crippen LogP contribution >= 0.6 is 11.3 Å². The Morgan fingerprint density at radius 1 is 1.17 bits per heavy atom. The number of aromatic nitrogens is 1. The third kappa shape index (κ3) is 2.99. The minimum Gasteiger partial charge on any atom is -0.507 e. The second-order valence-electron chi connectivity index (χ2n) is 5.21. The van der Waals surface area contributed by atoms with E-state index in [1.54, 1.807) is 17.4 Å². The third-order valence-electron chi connectivity index (χ3n) is 2.63. The molecular formula is C15H17NOS. The SMILES string of the molecule is CC(C)(C)c1csc(/C=C/c2ccccc2O)n1. The smallest absolute Gasteiger partial charge is 0.122 e. The van der Waals surface area contributed by atoms with Gasteiger partial charge in [-0.1, -0.05) is 39.0 Å². The molecule has 1 N–H and O–H groups in total. The van der Waals surface area contributed by atoms with Gasteiger partial charge in [-0.25, -0.2) is 4.98 Å². The van der Waals surface area contributed by atoms with Crippen LogP contribution in [-0.2, 0) is 5.41 Å². The first kappa shape index (κ1) is 12.8. The van der Waals surface area contributed by atoms with Gasteiger partial charge in [-0.15, -0.1) is 11.3 Å². The Morgan fingerprint density at radius 2 is 1.89 bits per heavy atom. The van der Waals surface area contributed by atoms with Crippen molar-refractivity contribution in [3.63, 3.8) is 0 Å². The van der Waals surface area contributed by atoms with Crippen molar-refractivity contribution in [2.45, 2.75) is 26.2 Å². The van der Waals surface area contributed by atoms with Gasteiger partial charge >= 0.3 is 0 Å². The highest BCUT2D eigenvalue weighted by Crippen LogP contribution is 2.25. The van der Waals surface area contributed by atoms with E-state index >= 15 is 0 Å². The summed E-state index contributed by atoms with van der Waals surface area (Å²) in [5.74, 6) is 0.293. The maximum Gasteiger partial charge on any atom is 0.122 e. The number of benzene rings is 1. The van der Waals surface area contributed by atoms with Gasteiger partial charge in [0.15, 0.2) is 0 Å².